The van der Waals surface area contributed by atoms with Gasteiger partial charge in [0.15, 0.2) is 0 Å². The lowest BCUT2D eigenvalue weighted by atomic mass is 9.99. The number of ether oxygens (including phenoxy) is 1. The molecular formula is C42H54N8O8. The lowest BCUT2D eigenvalue weighted by Crippen LogP contribution is -2.62. The highest BCUT2D eigenvalue weighted by molar-refractivity contribution is 5.98. The van der Waals surface area contributed by atoms with E-state index in [0.29, 0.717) is 50.8 Å². The smallest absolute Gasteiger partial charge is 0.328 e. The maximum atomic E-state index is 14.6. The first-order valence-corrected chi connectivity index (χ1v) is 20.5. The number of carbonyl (C=O) groups excluding carboxylic acids is 7. The fourth-order valence-electron chi connectivity index (χ4n) is 9.02. The van der Waals surface area contributed by atoms with Crippen molar-refractivity contribution in [1.82, 2.24) is 30.7 Å². The highest BCUT2D eigenvalue weighted by Crippen LogP contribution is 2.30. The summed E-state index contributed by atoms with van der Waals surface area (Å²) in [7, 11) is 2.01. The van der Waals surface area contributed by atoms with Crippen molar-refractivity contribution >= 4 is 52.9 Å². The van der Waals surface area contributed by atoms with E-state index in [1.807, 2.05) is 56.4 Å². The Balaban J connectivity index is 1.16. The number of carbonyl (C=O) groups is 7. The van der Waals surface area contributed by atoms with Gasteiger partial charge in [0.1, 0.15) is 42.9 Å². The van der Waals surface area contributed by atoms with Crippen LogP contribution in [-0.2, 0) is 46.3 Å². The van der Waals surface area contributed by atoms with Crippen LogP contribution in [0.2, 0.25) is 0 Å². The molecule has 0 saturated carbocycles. The van der Waals surface area contributed by atoms with Gasteiger partial charge in [-0.05, 0) is 87.1 Å². The molecule has 0 bridgehead atoms. The monoisotopic (exact) mass is 798 g/mol. The minimum Gasteiger partial charge on any atom is -0.461 e. The van der Waals surface area contributed by atoms with E-state index in [1.54, 1.807) is 13.0 Å². The summed E-state index contributed by atoms with van der Waals surface area (Å²) >= 11 is 0. The number of esters is 1. The number of nitrogens with one attached hydrogen (secondary N) is 4. The summed E-state index contributed by atoms with van der Waals surface area (Å²) in [6, 6.07) is 7.85. The highest BCUT2D eigenvalue weighted by Gasteiger charge is 2.46. The number of amides is 7. The molecule has 0 spiro atoms. The first kappa shape index (κ1) is 40.5. The first-order chi connectivity index (χ1) is 27.9. The van der Waals surface area contributed by atoms with E-state index in [1.165, 1.54) is 14.7 Å². The van der Waals surface area contributed by atoms with Crippen LogP contribution in [0.4, 0.5) is 16.2 Å². The van der Waals surface area contributed by atoms with Crippen LogP contribution in [0, 0.1) is 5.92 Å². The second kappa shape index (κ2) is 17.4. The Morgan fingerprint density at radius 1 is 0.845 bits per heavy atom. The Morgan fingerprint density at radius 3 is 2.38 bits per heavy atom. The third kappa shape index (κ3) is 8.75. The molecule has 310 valence electrons. The fraction of sp³-hybridized carbons (Fsp3) is 0.548. The number of piperidine rings is 1. The Kier molecular flexibility index (Phi) is 12.2. The molecule has 5 aliphatic heterocycles. The number of hydrogen-bond acceptors (Lipinski definition) is 9. The molecule has 7 atom stereocenters. The number of likely N-dealkylation sites (N-methyl/N-ethyl adjacent to an activating group) is 1. The van der Waals surface area contributed by atoms with E-state index >= 15 is 0 Å². The van der Waals surface area contributed by atoms with Crippen molar-refractivity contribution in [1.29, 1.82) is 0 Å². The zero-order valence-corrected chi connectivity index (χ0v) is 33.4. The molecule has 2 aromatic rings. The second-order valence-electron chi connectivity index (χ2n) is 16.4. The Labute approximate surface area is 338 Å². The summed E-state index contributed by atoms with van der Waals surface area (Å²) in [4.78, 5) is 104. The number of rotatable bonds is 6. The summed E-state index contributed by atoms with van der Waals surface area (Å²) in [5.41, 5.74) is 3.50. The molecule has 0 unspecified atom stereocenters. The van der Waals surface area contributed by atoms with E-state index in [4.69, 9.17) is 4.74 Å². The zero-order valence-electron chi connectivity index (χ0n) is 33.4. The summed E-state index contributed by atoms with van der Waals surface area (Å²) in [5, 5.41) is 11.2. The predicted molar refractivity (Wildman–Crippen MR) is 213 cm³/mol. The average Bonchev–Trinajstić information content (AvgIpc) is 3.96. The van der Waals surface area contributed by atoms with Crippen molar-refractivity contribution in [3.05, 3.63) is 59.7 Å². The predicted octanol–water partition coefficient (Wildman–Crippen LogP) is 1.57. The van der Waals surface area contributed by atoms with Gasteiger partial charge in [0.25, 0.3) is 0 Å². The van der Waals surface area contributed by atoms with Crippen molar-refractivity contribution in [3.63, 3.8) is 0 Å². The van der Waals surface area contributed by atoms with Crippen molar-refractivity contribution < 1.29 is 38.3 Å². The molecule has 58 heavy (non-hydrogen) atoms. The molecule has 2 aromatic carbocycles. The van der Waals surface area contributed by atoms with Gasteiger partial charge in [-0.25, -0.2) is 9.59 Å². The third-order valence-electron chi connectivity index (χ3n) is 12.1. The fourth-order valence-corrected chi connectivity index (χ4v) is 9.02. The van der Waals surface area contributed by atoms with Gasteiger partial charge in [0, 0.05) is 51.0 Å². The molecule has 7 rings (SSSR count). The van der Waals surface area contributed by atoms with E-state index in [9.17, 15) is 33.6 Å². The number of urea groups is 1. The van der Waals surface area contributed by atoms with Gasteiger partial charge in [-0.2, -0.15) is 0 Å². The topological polar surface area (TPSA) is 190 Å². The lowest BCUT2D eigenvalue weighted by Gasteiger charge is -2.39. The van der Waals surface area contributed by atoms with Gasteiger partial charge in [-0.3, -0.25) is 24.0 Å². The van der Waals surface area contributed by atoms with Crippen molar-refractivity contribution in [2.24, 2.45) is 5.92 Å². The molecule has 7 amide bonds. The first-order valence-electron chi connectivity index (χ1n) is 20.5. The van der Waals surface area contributed by atoms with Crippen LogP contribution >= 0.6 is 0 Å². The molecule has 4 N–H and O–H groups in total. The molecule has 0 radical (unpaired) electrons. The van der Waals surface area contributed by atoms with E-state index in [0.717, 1.165) is 29.8 Å². The van der Waals surface area contributed by atoms with Gasteiger partial charge >= 0.3 is 12.0 Å². The summed E-state index contributed by atoms with van der Waals surface area (Å²) in [6.45, 7) is 4.57. The quantitative estimate of drug-likeness (QED) is 0.315. The van der Waals surface area contributed by atoms with Crippen LogP contribution < -0.4 is 26.2 Å². The Bertz CT molecular complexity index is 1930. The Hall–Kier alpha value is -5.67. The van der Waals surface area contributed by atoms with Crippen LogP contribution in [-0.4, -0.2) is 132 Å². The number of hydrogen-bond donors (Lipinski definition) is 4. The van der Waals surface area contributed by atoms with Crippen LogP contribution in [0.15, 0.2) is 48.5 Å². The third-order valence-corrected chi connectivity index (χ3v) is 12.1. The normalized spacial score (nSPS) is 27.2. The number of anilines is 2. The maximum Gasteiger partial charge on any atom is 0.328 e. The van der Waals surface area contributed by atoms with Gasteiger partial charge < -0.3 is 45.6 Å². The Morgan fingerprint density at radius 2 is 1.59 bits per heavy atom. The van der Waals surface area contributed by atoms with Crippen LogP contribution in [0.25, 0.3) is 0 Å². The summed E-state index contributed by atoms with van der Waals surface area (Å²) < 4.78 is 5.78. The van der Waals surface area contributed by atoms with Crippen molar-refractivity contribution in [2.75, 3.05) is 50.1 Å². The number of cyclic esters (lactones) is 1. The summed E-state index contributed by atoms with van der Waals surface area (Å²) in [5.74, 6) is -3.42. The second-order valence-corrected chi connectivity index (χ2v) is 16.4. The molecule has 0 aliphatic carbocycles. The van der Waals surface area contributed by atoms with E-state index in [-0.39, 0.29) is 31.3 Å². The molecule has 16 heteroatoms. The number of benzene rings is 2. The van der Waals surface area contributed by atoms with E-state index in [2.05, 4.69) is 26.2 Å². The van der Waals surface area contributed by atoms with Crippen molar-refractivity contribution in [3.8, 4) is 0 Å². The van der Waals surface area contributed by atoms with Gasteiger partial charge in [0.2, 0.25) is 29.5 Å². The molecule has 4 fully saturated rings. The lowest BCUT2D eigenvalue weighted by molar-refractivity contribution is -0.158. The van der Waals surface area contributed by atoms with Crippen LogP contribution in [0.1, 0.15) is 63.5 Å². The van der Waals surface area contributed by atoms with Gasteiger partial charge in [-0.15, -0.1) is 0 Å². The SMILES string of the molecule is C[C@H]1C[C@H]2C(=O)OC[C@H](NC(=O)[C@H](Cc3ccccc3)NC(=O)Nc3ccc4c(c3)CCN4C)C(=O)N3CCC[C@H]3C(=O)N3CCCC[C@H]3C(=O)N[C@@H](C)C(=O)N2C1. The highest BCUT2D eigenvalue weighted by atomic mass is 16.5. The van der Waals surface area contributed by atoms with Crippen LogP contribution in [0.5, 0.6) is 0 Å². The molecule has 0 aromatic heterocycles. The van der Waals surface area contributed by atoms with Gasteiger partial charge in [-0.1, -0.05) is 37.3 Å². The van der Waals surface area contributed by atoms with E-state index < -0.39 is 78.5 Å². The molecular weight excluding hydrogens is 745 g/mol. The maximum absolute atomic E-state index is 14.6. The van der Waals surface area contributed by atoms with Crippen molar-refractivity contribution in [2.45, 2.75) is 101 Å². The average molecular weight is 799 g/mol. The number of nitrogens with zero attached hydrogens (tertiary/aromatic N) is 4. The largest absolute Gasteiger partial charge is 0.461 e. The van der Waals surface area contributed by atoms with Gasteiger partial charge in [0.05, 0.1) is 0 Å². The van der Waals surface area contributed by atoms with Crippen LogP contribution in [0.3, 0.4) is 0 Å². The standard InChI is InChI=1S/C42H54N8O8/c1-25-20-35-41(56)58-24-31(39(54)49-18-9-13-34(49)40(55)48-17-8-7-12-33(48)37(52)43-26(2)38(53)50(35)23-25)45-36(51)30(21-27-10-5-4-6-11-27)46-42(57)44-29-14-15-32-28(22-29)16-19-47(32)3/h4-6,10-11,14-15,22,25-26,30-31,33-35H,7-9,12-13,16-21,23-24H2,1-3H3,(H,43,52)(H,45,51)(H2,44,46,57)/t25-,26-,30-,31-,33-,34-,35-/m0/s1. The summed E-state index contributed by atoms with van der Waals surface area (Å²) in [6.07, 6.45) is 3.88. The molecule has 4 saturated heterocycles. The molecule has 16 nitrogen and oxygen atoms in total. The zero-order chi connectivity index (χ0) is 41.1. The molecule has 5 heterocycles. The minimum atomic E-state index is -1.43. The molecule has 5 aliphatic rings. The number of fused-ring (bicyclic) bond motifs is 4. The minimum absolute atomic E-state index is 0.0467.